The molecule has 0 saturated carbocycles. The Balaban J connectivity index is 1.54. The fourth-order valence-electron chi connectivity index (χ4n) is 2.66. The van der Waals surface area contributed by atoms with E-state index >= 15 is 0 Å². The van der Waals surface area contributed by atoms with Crippen LogP contribution >= 0.6 is 11.8 Å². The number of unbranched alkanes of at least 4 members (excludes halogenated alkanes) is 1. The molecule has 0 bridgehead atoms. The lowest BCUT2D eigenvalue weighted by molar-refractivity contribution is -0.113. The number of aryl methyl sites for hydroxylation is 1. The summed E-state index contributed by atoms with van der Waals surface area (Å²) in [6.07, 6.45) is 6.88. The summed E-state index contributed by atoms with van der Waals surface area (Å²) in [6, 6.07) is 11.8. The average Bonchev–Trinajstić information content (AvgIpc) is 3.07. The smallest absolute Gasteiger partial charge is 0.234 e. The molecule has 2 heterocycles. The van der Waals surface area contributed by atoms with Crippen molar-refractivity contribution in [2.75, 3.05) is 11.1 Å². The van der Waals surface area contributed by atoms with Gasteiger partial charge in [0.1, 0.15) is 0 Å². The highest BCUT2D eigenvalue weighted by Gasteiger charge is 2.13. The minimum absolute atomic E-state index is 0.0604. The van der Waals surface area contributed by atoms with E-state index in [1.807, 2.05) is 35.9 Å². The lowest BCUT2D eigenvalue weighted by Gasteiger charge is -2.07. The lowest BCUT2D eigenvalue weighted by atomic mass is 10.1. The minimum Gasteiger partial charge on any atom is -0.325 e. The zero-order valence-electron chi connectivity index (χ0n) is 15.6. The van der Waals surface area contributed by atoms with Gasteiger partial charge in [0.2, 0.25) is 5.91 Å². The van der Waals surface area contributed by atoms with Gasteiger partial charge in [-0.05, 0) is 42.7 Å². The van der Waals surface area contributed by atoms with E-state index in [-0.39, 0.29) is 11.7 Å². The van der Waals surface area contributed by atoms with E-state index in [0.717, 1.165) is 23.5 Å². The fourth-order valence-corrected chi connectivity index (χ4v) is 3.37. The van der Waals surface area contributed by atoms with Gasteiger partial charge in [-0.3, -0.25) is 9.78 Å². The van der Waals surface area contributed by atoms with Crippen molar-refractivity contribution in [2.45, 2.75) is 31.3 Å². The Labute approximate surface area is 163 Å². The molecule has 1 N–H and O–H groups in total. The lowest BCUT2D eigenvalue weighted by Crippen LogP contribution is -2.14. The monoisotopic (exact) mass is 381 g/mol. The van der Waals surface area contributed by atoms with Gasteiger partial charge in [0.25, 0.3) is 0 Å². The van der Waals surface area contributed by atoms with Gasteiger partial charge >= 0.3 is 0 Å². The number of carbonyl (C=O) groups excluding carboxylic acids is 1. The number of nitrogens with zero attached hydrogens (tertiary/aromatic N) is 4. The fraction of sp³-hybridized carbons (Fsp3) is 0.300. The molecule has 0 radical (unpaired) electrons. The van der Waals surface area contributed by atoms with Crippen molar-refractivity contribution >= 4 is 23.4 Å². The summed E-state index contributed by atoms with van der Waals surface area (Å²) in [4.78, 5) is 16.2. The van der Waals surface area contributed by atoms with E-state index in [1.165, 1.54) is 30.2 Å². The Bertz CT molecular complexity index is 877. The number of anilines is 1. The largest absolute Gasteiger partial charge is 0.325 e. The molecule has 0 aliphatic carbocycles. The van der Waals surface area contributed by atoms with E-state index in [2.05, 4.69) is 39.6 Å². The quantitative estimate of drug-likeness (QED) is 0.598. The first-order valence-electron chi connectivity index (χ1n) is 8.98. The number of thioether (sulfide) groups is 1. The summed E-state index contributed by atoms with van der Waals surface area (Å²) >= 11 is 1.37. The zero-order valence-corrected chi connectivity index (χ0v) is 16.4. The van der Waals surface area contributed by atoms with Crippen LogP contribution in [0.2, 0.25) is 0 Å². The predicted octanol–water partition coefficient (Wildman–Crippen LogP) is 3.95. The number of benzene rings is 1. The maximum atomic E-state index is 12.2. The molecule has 6 nitrogen and oxygen atoms in total. The van der Waals surface area contributed by atoms with Crippen LogP contribution in [0.1, 0.15) is 25.3 Å². The Hall–Kier alpha value is -2.67. The second-order valence-electron chi connectivity index (χ2n) is 6.24. The molecule has 7 heteroatoms. The van der Waals surface area contributed by atoms with Gasteiger partial charge in [-0.1, -0.05) is 37.2 Å². The summed E-state index contributed by atoms with van der Waals surface area (Å²) in [5, 5.41) is 12.0. The number of aromatic nitrogens is 4. The first-order valence-corrected chi connectivity index (χ1v) is 9.97. The molecule has 3 rings (SSSR count). The number of carbonyl (C=O) groups is 1. The SMILES string of the molecule is CCCCc1ccc(NC(=O)CSc2nnc(-c3ccncc3)n2C)cc1. The van der Waals surface area contributed by atoms with Crippen molar-refractivity contribution < 1.29 is 4.79 Å². The maximum Gasteiger partial charge on any atom is 0.234 e. The maximum absolute atomic E-state index is 12.2. The van der Waals surface area contributed by atoms with Crippen molar-refractivity contribution in [2.24, 2.45) is 7.05 Å². The number of rotatable bonds is 8. The third-order valence-corrected chi connectivity index (χ3v) is 5.18. The van der Waals surface area contributed by atoms with Gasteiger partial charge in [-0.2, -0.15) is 0 Å². The van der Waals surface area contributed by atoms with Crippen LogP contribution in [-0.4, -0.2) is 31.4 Å². The summed E-state index contributed by atoms with van der Waals surface area (Å²) in [7, 11) is 1.89. The molecule has 2 aromatic heterocycles. The van der Waals surface area contributed by atoms with Gasteiger partial charge in [-0.15, -0.1) is 10.2 Å². The highest BCUT2D eigenvalue weighted by molar-refractivity contribution is 7.99. The molecule has 1 aromatic carbocycles. The van der Waals surface area contributed by atoms with Crippen LogP contribution in [0.3, 0.4) is 0 Å². The Morgan fingerprint density at radius 3 is 2.56 bits per heavy atom. The summed E-state index contributed by atoms with van der Waals surface area (Å²) in [5.74, 6) is 0.970. The van der Waals surface area contributed by atoms with Gasteiger partial charge in [0, 0.05) is 30.7 Å². The third-order valence-electron chi connectivity index (χ3n) is 4.16. The average molecular weight is 382 g/mol. The molecule has 0 saturated heterocycles. The summed E-state index contributed by atoms with van der Waals surface area (Å²) < 4.78 is 1.88. The highest BCUT2D eigenvalue weighted by atomic mass is 32.2. The van der Waals surface area contributed by atoms with Crippen molar-refractivity contribution in [1.29, 1.82) is 0 Å². The molecule has 0 aliphatic heterocycles. The third kappa shape index (κ3) is 5.17. The molecule has 3 aromatic rings. The molecular formula is C20H23N5OS. The topological polar surface area (TPSA) is 72.7 Å². The number of hydrogen-bond acceptors (Lipinski definition) is 5. The molecule has 0 spiro atoms. The summed E-state index contributed by atoms with van der Waals surface area (Å²) in [5.41, 5.74) is 3.06. The number of pyridine rings is 1. The van der Waals surface area contributed by atoms with E-state index in [4.69, 9.17) is 0 Å². The normalized spacial score (nSPS) is 10.7. The standard InChI is InChI=1S/C20H23N5OS/c1-3-4-5-15-6-8-17(9-7-15)22-18(26)14-27-20-24-23-19(25(20)2)16-10-12-21-13-11-16/h6-13H,3-5,14H2,1-2H3,(H,22,26). The van der Waals surface area contributed by atoms with Gasteiger partial charge in [0.05, 0.1) is 5.75 Å². The molecule has 0 atom stereocenters. The van der Waals surface area contributed by atoms with Gasteiger partial charge in [-0.25, -0.2) is 0 Å². The first-order chi connectivity index (χ1) is 13.2. The second kappa shape index (κ2) is 9.32. The van der Waals surface area contributed by atoms with E-state index in [1.54, 1.807) is 12.4 Å². The van der Waals surface area contributed by atoms with Crippen LogP contribution in [-0.2, 0) is 18.3 Å². The van der Waals surface area contributed by atoms with Crippen LogP contribution in [0.5, 0.6) is 0 Å². The van der Waals surface area contributed by atoms with Gasteiger partial charge < -0.3 is 9.88 Å². The van der Waals surface area contributed by atoms with E-state index in [9.17, 15) is 4.79 Å². The van der Waals surface area contributed by atoms with Crippen molar-refractivity contribution in [1.82, 2.24) is 19.7 Å². The predicted molar refractivity (Wildman–Crippen MR) is 109 cm³/mol. The minimum atomic E-state index is -0.0604. The Kier molecular flexibility index (Phi) is 6.59. The highest BCUT2D eigenvalue weighted by Crippen LogP contribution is 2.22. The number of hydrogen-bond donors (Lipinski definition) is 1. The van der Waals surface area contributed by atoms with E-state index in [0.29, 0.717) is 5.16 Å². The van der Waals surface area contributed by atoms with Crippen molar-refractivity contribution in [3.63, 3.8) is 0 Å². The van der Waals surface area contributed by atoms with Crippen LogP contribution in [0, 0.1) is 0 Å². The van der Waals surface area contributed by atoms with Crippen LogP contribution in [0.15, 0.2) is 53.9 Å². The Morgan fingerprint density at radius 1 is 1.11 bits per heavy atom. The van der Waals surface area contributed by atoms with Gasteiger partial charge in [0.15, 0.2) is 11.0 Å². The first kappa shape index (κ1) is 19.1. The molecule has 0 unspecified atom stereocenters. The molecule has 0 fully saturated rings. The number of nitrogens with one attached hydrogen (secondary N) is 1. The van der Waals surface area contributed by atoms with Crippen LogP contribution in [0.4, 0.5) is 5.69 Å². The summed E-state index contributed by atoms with van der Waals surface area (Å²) in [6.45, 7) is 2.18. The molecule has 140 valence electrons. The van der Waals surface area contributed by atoms with Crippen LogP contribution in [0.25, 0.3) is 11.4 Å². The molecular weight excluding hydrogens is 358 g/mol. The van der Waals surface area contributed by atoms with E-state index < -0.39 is 0 Å². The Morgan fingerprint density at radius 2 is 1.85 bits per heavy atom. The van der Waals surface area contributed by atoms with Crippen molar-refractivity contribution in [3.05, 3.63) is 54.4 Å². The molecule has 0 aliphatic rings. The second-order valence-corrected chi connectivity index (χ2v) is 7.18. The van der Waals surface area contributed by atoms with Crippen LogP contribution < -0.4 is 5.32 Å². The molecule has 27 heavy (non-hydrogen) atoms. The molecule has 1 amide bonds. The number of amides is 1. The zero-order chi connectivity index (χ0) is 19.1. The van der Waals surface area contributed by atoms with Crippen molar-refractivity contribution in [3.8, 4) is 11.4 Å².